The lowest BCUT2D eigenvalue weighted by molar-refractivity contribution is -0.155. The van der Waals surface area contributed by atoms with Gasteiger partial charge in [-0.2, -0.15) is 0 Å². The van der Waals surface area contributed by atoms with Gasteiger partial charge in [-0.25, -0.2) is 0 Å². The highest BCUT2D eigenvalue weighted by atomic mass is 16.6. The summed E-state index contributed by atoms with van der Waals surface area (Å²) in [5, 5.41) is 9.42. The second-order valence-electron chi connectivity index (χ2n) is 5.32. The van der Waals surface area contributed by atoms with E-state index in [1.807, 2.05) is 26.8 Å². The minimum atomic E-state index is -0.491. The maximum absolute atomic E-state index is 11.7. The van der Waals surface area contributed by atoms with E-state index in [4.69, 9.17) is 10.5 Å². The second-order valence-corrected chi connectivity index (χ2v) is 5.32. The first-order chi connectivity index (χ1) is 8.31. The Morgan fingerprint density at radius 1 is 1.44 bits per heavy atom. The topological polar surface area (TPSA) is 72.5 Å². The maximum atomic E-state index is 11.7. The van der Waals surface area contributed by atoms with Gasteiger partial charge in [0.25, 0.3) is 0 Å². The third kappa shape index (κ3) is 4.75. The molecule has 0 saturated carbocycles. The van der Waals surface area contributed by atoms with E-state index in [0.717, 1.165) is 5.56 Å². The molecule has 0 aliphatic heterocycles. The fourth-order valence-corrected chi connectivity index (χ4v) is 1.70. The van der Waals surface area contributed by atoms with Crippen LogP contribution >= 0.6 is 0 Å². The van der Waals surface area contributed by atoms with Crippen LogP contribution in [0.2, 0.25) is 0 Å². The lowest BCUT2D eigenvalue weighted by atomic mass is 9.95. The zero-order chi connectivity index (χ0) is 13.8. The summed E-state index contributed by atoms with van der Waals surface area (Å²) in [6.07, 6.45) is 0.219. The second kappa shape index (κ2) is 5.87. The standard InChI is InChI=1S/C14H21NO3/c1-14(2,3)18-13(17)8-11(9-15)10-5-4-6-12(16)7-10/h4-7,11,16H,8-9,15H2,1-3H3. The predicted octanol–water partition coefficient (Wildman–Crippen LogP) is 2.17. The van der Waals surface area contributed by atoms with Crippen molar-refractivity contribution in [3.05, 3.63) is 29.8 Å². The number of ether oxygens (including phenoxy) is 1. The van der Waals surface area contributed by atoms with E-state index in [2.05, 4.69) is 0 Å². The van der Waals surface area contributed by atoms with E-state index in [-0.39, 0.29) is 24.1 Å². The molecule has 1 unspecified atom stereocenters. The molecule has 0 aliphatic carbocycles. The summed E-state index contributed by atoms with van der Waals surface area (Å²) in [6, 6.07) is 6.80. The number of phenols is 1. The van der Waals surface area contributed by atoms with Gasteiger partial charge >= 0.3 is 5.97 Å². The third-order valence-corrected chi connectivity index (χ3v) is 2.46. The van der Waals surface area contributed by atoms with Gasteiger partial charge in [0.1, 0.15) is 11.4 Å². The molecule has 100 valence electrons. The quantitative estimate of drug-likeness (QED) is 0.804. The van der Waals surface area contributed by atoms with Crippen LogP contribution < -0.4 is 5.73 Å². The van der Waals surface area contributed by atoms with Crippen LogP contribution in [0.5, 0.6) is 5.75 Å². The van der Waals surface area contributed by atoms with Crippen molar-refractivity contribution in [3.8, 4) is 5.75 Å². The average molecular weight is 251 g/mol. The Labute approximate surface area is 108 Å². The molecule has 1 aromatic carbocycles. The molecule has 0 spiro atoms. The van der Waals surface area contributed by atoms with Crippen LogP contribution in [-0.2, 0) is 9.53 Å². The molecule has 4 nitrogen and oxygen atoms in total. The molecule has 0 aliphatic rings. The highest BCUT2D eigenvalue weighted by Crippen LogP contribution is 2.23. The molecule has 0 bridgehead atoms. The lowest BCUT2D eigenvalue weighted by Crippen LogP contribution is -2.26. The van der Waals surface area contributed by atoms with Crippen molar-refractivity contribution in [2.45, 2.75) is 38.7 Å². The highest BCUT2D eigenvalue weighted by Gasteiger charge is 2.21. The Morgan fingerprint density at radius 3 is 2.61 bits per heavy atom. The molecule has 3 N–H and O–H groups in total. The summed E-state index contributed by atoms with van der Waals surface area (Å²) in [6.45, 7) is 5.83. The summed E-state index contributed by atoms with van der Waals surface area (Å²) in [7, 11) is 0. The summed E-state index contributed by atoms with van der Waals surface area (Å²) in [5.74, 6) is -0.233. The van der Waals surface area contributed by atoms with Crippen LogP contribution in [0.4, 0.5) is 0 Å². The summed E-state index contributed by atoms with van der Waals surface area (Å²) in [5.41, 5.74) is 6.04. The average Bonchev–Trinajstić information content (AvgIpc) is 2.23. The van der Waals surface area contributed by atoms with Crippen molar-refractivity contribution < 1.29 is 14.6 Å². The molecule has 0 amide bonds. The lowest BCUT2D eigenvalue weighted by Gasteiger charge is -2.22. The number of hydrogen-bond donors (Lipinski definition) is 2. The molecule has 1 atom stereocenters. The molecule has 4 heteroatoms. The number of esters is 1. The number of carbonyl (C=O) groups is 1. The van der Waals surface area contributed by atoms with E-state index in [9.17, 15) is 9.90 Å². The number of hydrogen-bond acceptors (Lipinski definition) is 4. The Morgan fingerprint density at radius 2 is 2.11 bits per heavy atom. The van der Waals surface area contributed by atoms with Crippen LogP contribution in [0.25, 0.3) is 0 Å². The molecular weight excluding hydrogens is 230 g/mol. The molecule has 0 fully saturated rings. The van der Waals surface area contributed by atoms with Crippen molar-refractivity contribution in [1.82, 2.24) is 0 Å². The maximum Gasteiger partial charge on any atom is 0.306 e. The van der Waals surface area contributed by atoms with Crippen LogP contribution in [-0.4, -0.2) is 23.2 Å². The monoisotopic (exact) mass is 251 g/mol. The smallest absolute Gasteiger partial charge is 0.306 e. The normalized spacial score (nSPS) is 13.1. The molecule has 18 heavy (non-hydrogen) atoms. The largest absolute Gasteiger partial charge is 0.508 e. The van der Waals surface area contributed by atoms with Gasteiger partial charge in [0.15, 0.2) is 0 Å². The van der Waals surface area contributed by atoms with Gasteiger partial charge in [-0.15, -0.1) is 0 Å². The van der Waals surface area contributed by atoms with Crippen LogP contribution in [0, 0.1) is 0 Å². The summed E-state index contributed by atoms with van der Waals surface area (Å²) >= 11 is 0. The molecular formula is C14H21NO3. The number of nitrogens with two attached hydrogens (primary N) is 1. The summed E-state index contributed by atoms with van der Waals surface area (Å²) in [4.78, 5) is 11.7. The summed E-state index contributed by atoms with van der Waals surface area (Å²) < 4.78 is 5.26. The number of carbonyl (C=O) groups excluding carboxylic acids is 1. The fraction of sp³-hybridized carbons (Fsp3) is 0.500. The molecule has 1 rings (SSSR count). The fourth-order valence-electron chi connectivity index (χ4n) is 1.70. The van der Waals surface area contributed by atoms with E-state index in [1.165, 1.54) is 0 Å². The van der Waals surface area contributed by atoms with Gasteiger partial charge < -0.3 is 15.6 Å². The number of phenolic OH excluding ortho intramolecular Hbond substituents is 1. The Hall–Kier alpha value is -1.55. The van der Waals surface area contributed by atoms with Gasteiger partial charge in [-0.3, -0.25) is 4.79 Å². The minimum Gasteiger partial charge on any atom is -0.508 e. The zero-order valence-corrected chi connectivity index (χ0v) is 11.1. The van der Waals surface area contributed by atoms with Crippen LogP contribution in [0.15, 0.2) is 24.3 Å². The van der Waals surface area contributed by atoms with Gasteiger partial charge in [0, 0.05) is 5.92 Å². The Bertz CT molecular complexity index is 410. The molecule has 0 aromatic heterocycles. The van der Waals surface area contributed by atoms with Crippen molar-refractivity contribution >= 4 is 5.97 Å². The third-order valence-electron chi connectivity index (χ3n) is 2.46. The molecule has 0 radical (unpaired) electrons. The first-order valence-electron chi connectivity index (χ1n) is 6.02. The van der Waals surface area contributed by atoms with E-state index in [0.29, 0.717) is 6.54 Å². The van der Waals surface area contributed by atoms with E-state index in [1.54, 1.807) is 18.2 Å². The van der Waals surface area contributed by atoms with Crippen molar-refractivity contribution in [1.29, 1.82) is 0 Å². The number of benzene rings is 1. The molecule has 1 aromatic rings. The Balaban J connectivity index is 2.71. The van der Waals surface area contributed by atoms with Crippen LogP contribution in [0.3, 0.4) is 0 Å². The first-order valence-corrected chi connectivity index (χ1v) is 6.02. The Kier molecular flexibility index (Phi) is 4.73. The van der Waals surface area contributed by atoms with E-state index < -0.39 is 5.60 Å². The predicted molar refractivity (Wildman–Crippen MR) is 70.4 cm³/mol. The van der Waals surface area contributed by atoms with Gasteiger partial charge in [0.05, 0.1) is 6.42 Å². The minimum absolute atomic E-state index is 0.132. The first kappa shape index (κ1) is 14.5. The zero-order valence-electron chi connectivity index (χ0n) is 11.1. The number of aromatic hydroxyl groups is 1. The highest BCUT2D eigenvalue weighted by molar-refractivity contribution is 5.71. The van der Waals surface area contributed by atoms with Crippen molar-refractivity contribution in [3.63, 3.8) is 0 Å². The molecule has 0 saturated heterocycles. The van der Waals surface area contributed by atoms with Gasteiger partial charge in [-0.1, -0.05) is 12.1 Å². The SMILES string of the molecule is CC(C)(C)OC(=O)CC(CN)c1cccc(O)c1. The number of rotatable bonds is 4. The van der Waals surface area contributed by atoms with Gasteiger partial charge in [0.2, 0.25) is 0 Å². The molecule has 0 heterocycles. The van der Waals surface area contributed by atoms with E-state index >= 15 is 0 Å². The van der Waals surface area contributed by atoms with Gasteiger partial charge in [-0.05, 0) is 45.0 Å². The van der Waals surface area contributed by atoms with Crippen molar-refractivity contribution in [2.24, 2.45) is 5.73 Å². The van der Waals surface area contributed by atoms with Crippen LogP contribution in [0.1, 0.15) is 38.7 Å². The van der Waals surface area contributed by atoms with Crippen molar-refractivity contribution in [2.75, 3.05) is 6.54 Å².